The van der Waals surface area contributed by atoms with E-state index in [1.165, 1.54) is 13.8 Å². The van der Waals surface area contributed by atoms with Gasteiger partial charge in [-0.2, -0.15) is 13.2 Å². The number of rotatable bonds is 6. The lowest BCUT2D eigenvalue weighted by Crippen LogP contribution is -2.15. The number of carbonyl (C=O) groups is 1. The first kappa shape index (κ1) is 24.7. The van der Waals surface area contributed by atoms with Gasteiger partial charge in [0.05, 0.1) is 11.5 Å². The molecule has 1 aromatic carbocycles. The summed E-state index contributed by atoms with van der Waals surface area (Å²) < 4.78 is 99.1. The fourth-order valence-corrected chi connectivity index (χ4v) is 3.54. The summed E-state index contributed by atoms with van der Waals surface area (Å²) in [6, 6.07) is 0. The Morgan fingerprint density at radius 3 is 2.03 bits per heavy atom. The van der Waals surface area contributed by atoms with Crippen LogP contribution in [-0.4, -0.2) is 12.1 Å². The third-order valence-corrected chi connectivity index (χ3v) is 5.55. The van der Waals surface area contributed by atoms with E-state index < -0.39 is 81.9 Å². The Morgan fingerprint density at radius 1 is 1.13 bits per heavy atom. The summed E-state index contributed by atoms with van der Waals surface area (Å²) in [5.74, 6) is -9.89. The largest absolute Gasteiger partial charge is 0.460 e. The summed E-state index contributed by atoms with van der Waals surface area (Å²) in [5, 5.41) is -1.42. The van der Waals surface area contributed by atoms with Crippen LogP contribution in [0.4, 0.5) is 30.7 Å². The van der Waals surface area contributed by atoms with Crippen molar-refractivity contribution >= 4 is 33.5 Å². The van der Waals surface area contributed by atoms with Crippen LogP contribution < -0.4 is 0 Å². The average Bonchev–Trinajstić information content (AvgIpc) is 3.16. The molecule has 0 radical (unpaired) electrons. The Bertz CT molecular complexity index is 895. The van der Waals surface area contributed by atoms with E-state index in [9.17, 15) is 35.5 Å². The topological polar surface area (TPSA) is 26.3 Å². The van der Waals surface area contributed by atoms with Crippen molar-refractivity contribution in [2.45, 2.75) is 33.1 Å². The van der Waals surface area contributed by atoms with Crippen LogP contribution in [0.2, 0.25) is 0 Å². The molecular weight excluding hydrogens is 509 g/mol. The normalized spacial score (nSPS) is 20.8. The Morgan fingerprint density at radius 2 is 1.60 bits per heavy atom. The van der Waals surface area contributed by atoms with E-state index in [0.717, 1.165) is 0 Å². The zero-order valence-electron chi connectivity index (χ0n) is 15.6. The van der Waals surface area contributed by atoms with Gasteiger partial charge in [0.15, 0.2) is 23.3 Å². The smallest absolute Gasteiger partial charge is 0.426 e. The van der Waals surface area contributed by atoms with Gasteiger partial charge in [0.25, 0.3) is 0 Å². The highest BCUT2D eigenvalue weighted by Gasteiger charge is 2.62. The summed E-state index contributed by atoms with van der Waals surface area (Å²) >= 11 is 8.02. The fourth-order valence-electron chi connectivity index (χ4n) is 3.12. The molecule has 2 nitrogen and oxygen atoms in total. The van der Waals surface area contributed by atoms with Crippen molar-refractivity contribution in [3.8, 4) is 0 Å². The number of benzene rings is 1. The summed E-state index contributed by atoms with van der Waals surface area (Å²) in [6.45, 7) is 5.15. The predicted octanol–water partition coefficient (Wildman–Crippen LogP) is 6.69. The molecule has 0 N–H and O–H groups in total. The number of allylic oxidation sites excluding steroid dienone is 3. The van der Waals surface area contributed by atoms with Crippen molar-refractivity contribution in [3.63, 3.8) is 0 Å². The van der Waals surface area contributed by atoms with E-state index in [-0.39, 0.29) is 4.48 Å². The van der Waals surface area contributed by atoms with Crippen LogP contribution in [0.5, 0.6) is 0 Å². The Balaban J connectivity index is 2.20. The quantitative estimate of drug-likeness (QED) is 0.236. The summed E-state index contributed by atoms with van der Waals surface area (Å²) in [5.41, 5.74) is -3.01. The summed E-state index contributed by atoms with van der Waals surface area (Å²) in [7, 11) is 0. The lowest BCUT2D eigenvalue weighted by atomic mass is 10.1. The number of carbonyl (C=O) groups excluding carboxylic acids is 1. The van der Waals surface area contributed by atoms with Gasteiger partial charge >= 0.3 is 12.1 Å². The molecule has 0 bridgehead atoms. The molecule has 1 aliphatic carbocycles. The van der Waals surface area contributed by atoms with Gasteiger partial charge in [0.1, 0.15) is 11.6 Å². The van der Waals surface area contributed by atoms with Crippen LogP contribution in [0.3, 0.4) is 0 Å². The fraction of sp³-hybridized carbons (Fsp3) is 0.421. The molecule has 0 saturated heterocycles. The van der Waals surface area contributed by atoms with Gasteiger partial charge in [0.2, 0.25) is 0 Å². The molecule has 0 amide bonds. The molecule has 0 aliphatic heterocycles. The molecule has 0 aromatic heterocycles. The minimum Gasteiger partial charge on any atom is -0.460 e. The van der Waals surface area contributed by atoms with Crippen LogP contribution in [-0.2, 0) is 22.6 Å². The number of esters is 1. The SMILES string of the molecule is C=C(Br)Cc1c(F)c(F)c(COC(=O)[C@H]2[C@@H](/C=C(\Cl)C(F)(F)F)C2(C)C)c(F)c1F. The molecule has 166 valence electrons. The molecule has 1 aliphatic rings. The highest BCUT2D eigenvalue weighted by molar-refractivity contribution is 9.11. The van der Waals surface area contributed by atoms with Gasteiger partial charge in [-0.3, -0.25) is 4.79 Å². The van der Waals surface area contributed by atoms with Gasteiger partial charge < -0.3 is 4.74 Å². The third-order valence-electron chi connectivity index (χ3n) is 4.93. The maximum atomic E-state index is 14.2. The molecule has 0 unspecified atom stereocenters. The maximum absolute atomic E-state index is 14.2. The van der Waals surface area contributed by atoms with Gasteiger partial charge in [-0.15, -0.1) is 0 Å². The molecule has 1 fully saturated rings. The second-order valence-electron chi connectivity index (χ2n) is 7.35. The van der Waals surface area contributed by atoms with Crippen molar-refractivity contribution < 1.29 is 40.3 Å². The molecule has 11 heteroatoms. The molecule has 2 rings (SSSR count). The first-order chi connectivity index (χ1) is 13.6. The van der Waals surface area contributed by atoms with E-state index in [2.05, 4.69) is 22.5 Å². The van der Waals surface area contributed by atoms with Crippen molar-refractivity contribution in [1.82, 2.24) is 0 Å². The zero-order valence-corrected chi connectivity index (χ0v) is 17.9. The maximum Gasteiger partial charge on any atom is 0.426 e. The molecule has 30 heavy (non-hydrogen) atoms. The second kappa shape index (κ2) is 8.53. The first-order valence-electron chi connectivity index (χ1n) is 8.38. The average molecular weight is 524 g/mol. The third kappa shape index (κ3) is 4.85. The molecule has 0 heterocycles. The number of halogens is 9. The Hall–Kier alpha value is -1.55. The molecular formula is C19H15BrClF7O2. The van der Waals surface area contributed by atoms with Gasteiger partial charge in [0, 0.05) is 12.0 Å². The highest BCUT2D eigenvalue weighted by Crippen LogP contribution is 2.60. The van der Waals surface area contributed by atoms with E-state index in [1.807, 2.05) is 0 Å². The number of hydrogen-bond acceptors (Lipinski definition) is 2. The summed E-state index contributed by atoms with van der Waals surface area (Å²) in [6.07, 6.45) is -4.65. The van der Waals surface area contributed by atoms with Crippen LogP contribution in [0.25, 0.3) is 0 Å². The van der Waals surface area contributed by atoms with E-state index in [1.54, 1.807) is 0 Å². The number of ether oxygens (including phenoxy) is 1. The van der Waals surface area contributed by atoms with E-state index in [0.29, 0.717) is 6.08 Å². The van der Waals surface area contributed by atoms with Gasteiger partial charge in [-0.1, -0.05) is 54.0 Å². The van der Waals surface area contributed by atoms with Crippen molar-refractivity contribution in [1.29, 1.82) is 0 Å². The van der Waals surface area contributed by atoms with Crippen LogP contribution in [0, 0.1) is 40.5 Å². The molecule has 2 atom stereocenters. The van der Waals surface area contributed by atoms with Crippen molar-refractivity contribution in [2.24, 2.45) is 17.3 Å². The second-order valence-corrected chi connectivity index (χ2v) is 8.88. The highest BCUT2D eigenvalue weighted by atomic mass is 79.9. The lowest BCUT2D eigenvalue weighted by molar-refractivity contribution is -0.147. The van der Waals surface area contributed by atoms with Gasteiger partial charge in [-0.25, -0.2) is 17.6 Å². The summed E-state index contributed by atoms with van der Waals surface area (Å²) in [4.78, 5) is 12.2. The van der Waals surface area contributed by atoms with Crippen molar-refractivity contribution in [3.05, 3.63) is 56.6 Å². The minimum atomic E-state index is -4.79. The van der Waals surface area contributed by atoms with Crippen LogP contribution in [0.1, 0.15) is 25.0 Å². The minimum absolute atomic E-state index is 0.0749. The first-order valence-corrected chi connectivity index (χ1v) is 9.55. The lowest BCUT2D eigenvalue weighted by Gasteiger charge is -2.12. The number of alkyl halides is 3. The molecule has 0 spiro atoms. The van der Waals surface area contributed by atoms with E-state index >= 15 is 0 Å². The zero-order chi connectivity index (χ0) is 23.2. The van der Waals surface area contributed by atoms with Crippen LogP contribution >= 0.6 is 27.5 Å². The number of hydrogen-bond donors (Lipinski definition) is 0. The molecule has 1 aromatic rings. The van der Waals surface area contributed by atoms with Gasteiger partial charge in [-0.05, 0) is 15.8 Å². The van der Waals surface area contributed by atoms with E-state index in [4.69, 9.17) is 16.3 Å². The van der Waals surface area contributed by atoms with Crippen molar-refractivity contribution in [2.75, 3.05) is 0 Å². The Labute approximate surface area is 180 Å². The predicted molar refractivity (Wildman–Crippen MR) is 98.6 cm³/mol. The standard InChI is InChI=1S/C19H15BrClF7O2/c1-7(20)4-8-13(22)15(24)9(16(25)14(8)23)6-30-17(29)12-10(18(12,2)3)5-11(21)19(26,27)28/h5,10,12H,1,4,6H2,2-3H3/b11-5-/t10-,12-/m1/s1. The van der Waals surface area contributed by atoms with Crippen LogP contribution in [0.15, 0.2) is 22.2 Å². The monoisotopic (exact) mass is 522 g/mol. The molecule has 1 saturated carbocycles. The Kier molecular flexibility index (Phi) is 7.03.